The van der Waals surface area contributed by atoms with Gasteiger partial charge in [0.15, 0.2) is 0 Å². The summed E-state index contributed by atoms with van der Waals surface area (Å²) >= 11 is 0. The average Bonchev–Trinajstić information content (AvgIpc) is 2.15. The third-order valence-electron chi connectivity index (χ3n) is 2.66. The topological polar surface area (TPSA) is 29.3 Å². The predicted molar refractivity (Wildman–Crippen MR) is 48.9 cm³/mol. The van der Waals surface area contributed by atoms with Crippen molar-refractivity contribution in [3.05, 3.63) is 0 Å². The standard InChI is InChI=1S/C9H18F2N2/c10-9(11)4-6-13-5-2-1-3-8(13)7-12/h8-9H,1-7,12H2. The smallest absolute Gasteiger partial charge is 0.239 e. The molecule has 1 unspecified atom stereocenters. The number of piperidine rings is 1. The molecule has 0 aromatic heterocycles. The van der Waals surface area contributed by atoms with E-state index in [-0.39, 0.29) is 6.42 Å². The molecule has 0 aromatic carbocycles. The molecule has 1 fully saturated rings. The van der Waals surface area contributed by atoms with Gasteiger partial charge in [0.25, 0.3) is 0 Å². The van der Waals surface area contributed by atoms with Crippen molar-refractivity contribution in [2.45, 2.75) is 38.2 Å². The van der Waals surface area contributed by atoms with Gasteiger partial charge in [-0.2, -0.15) is 0 Å². The first kappa shape index (κ1) is 10.9. The molecule has 0 bridgehead atoms. The highest BCUT2D eigenvalue weighted by Gasteiger charge is 2.21. The Morgan fingerprint density at radius 1 is 1.38 bits per heavy atom. The highest BCUT2D eigenvalue weighted by Crippen LogP contribution is 2.17. The summed E-state index contributed by atoms with van der Waals surface area (Å²) in [5.74, 6) is 0. The second kappa shape index (κ2) is 5.50. The van der Waals surface area contributed by atoms with Gasteiger partial charge < -0.3 is 5.73 Å². The van der Waals surface area contributed by atoms with Gasteiger partial charge in [-0.15, -0.1) is 0 Å². The number of rotatable bonds is 4. The maximum atomic E-state index is 12.0. The average molecular weight is 192 g/mol. The fourth-order valence-corrected chi connectivity index (χ4v) is 1.88. The Balaban J connectivity index is 2.27. The van der Waals surface area contributed by atoms with Crippen molar-refractivity contribution in [3.8, 4) is 0 Å². The lowest BCUT2D eigenvalue weighted by Gasteiger charge is -2.34. The Morgan fingerprint density at radius 2 is 2.15 bits per heavy atom. The van der Waals surface area contributed by atoms with Gasteiger partial charge in [0, 0.05) is 25.6 Å². The molecular formula is C9H18F2N2. The first-order valence-electron chi connectivity index (χ1n) is 4.96. The van der Waals surface area contributed by atoms with E-state index in [2.05, 4.69) is 4.90 Å². The largest absolute Gasteiger partial charge is 0.329 e. The molecule has 1 aliphatic heterocycles. The molecule has 1 rings (SSSR count). The van der Waals surface area contributed by atoms with Crippen LogP contribution in [0.3, 0.4) is 0 Å². The van der Waals surface area contributed by atoms with E-state index in [1.165, 1.54) is 6.42 Å². The van der Waals surface area contributed by atoms with Crippen LogP contribution >= 0.6 is 0 Å². The number of alkyl halides is 2. The fourth-order valence-electron chi connectivity index (χ4n) is 1.88. The van der Waals surface area contributed by atoms with Crippen molar-refractivity contribution in [1.82, 2.24) is 4.90 Å². The summed E-state index contributed by atoms with van der Waals surface area (Å²) in [6.45, 7) is 2.04. The summed E-state index contributed by atoms with van der Waals surface area (Å²) < 4.78 is 23.9. The summed E-state index contributed by atoms with van der Waals surface area (Å²) in [6, 6.07) is 0.340. The van der Waals surface area contributed by atoms with Crippen LogP contribution in [0, 0.1) is 0 Å². The zero-order chi connectivity index (χ0) is 9.68. The van der Waals surface area contributed by atoms with E-state index in [0.717, 1.165) is 19.4 Å². The van der Waals surface area contributed by atoms with Gasteiger partial charge in [-0.05, 0) is 19.4 Å². The van der Waals surface area contributed by atoms with Crippen molar-refractivity contribution in [1.29, 1.82) is 0 Å². The molecule has 1 atom stereocenters. The summed E-state index contributed by atoms with van der Waals surface area (Å²) in [5, 5.41) is 0. The number of nitrogens with zero attached hydrogens (tertiary/aromatic N) is 1. The third kappa shape index (κ3) is 3.56. The lowest BCUT2D eigenvalue weighted by molar-refractivity contribution is 0.0893. The molecule has 4 heteroatoms. The highest BCUT2D eigenvalue weighted by molar-refractivity contribution is 4.77. The van der Waals surface area contributed by atoms with E-state index in [9.17, 15) is 8.78 Å². The minimum Gasteiger partial charge on any atom is -0.329 e. The molecule has 2 nitrogen and oxygen atoms in total. The van der Waals surface area contributed by atoms with Crippen LogP contribution in [0.4, 0.5) is 8.78 Å². The van der Waals surface area contributed by atoms with Crippen LogP contribution < -0.4 is 5.73 Å². The SMILES string of the molecule is NCC1CCCCN1CCC(F)F. The van der Waals surface area contributed by atoms with E-state index in [0.29, 0.717) is 19.1 Å². The van der Waals surface area contributed by atoms with Crippen molar-refractivity contribution >= 4 is 0 Å². The molecule has 0 aromatic rings. The summed E-state index contributed by atoms with van der Waals surface area (Å²) in [5.41, 5.74) is 5.57. The molecule has 0 aliphatic carbocycles. The fraction of sp³-hybridized carbons (Fsp3) is 1.00. The third-order valence-corrected chi connectivity index (χ3v) is 2.66. The second-order valence-electron chi connectivity index (χ2n) is 3.60. The van der Waals surface area contributed by atoms with E-state index in [1.807, 2.05) is 0 Å². The van der Waals surface area contributed by atoms with Gasteiger partial charge in [0.1, 0.15) is 0 Å². The van der Waals surface area contributed by atoms with Gasteiger partial charge in [-0.1, -0.05) is 6.42 Å². The van der Waals surface area contributed by atoms with Gasteiger partial charge in [-0.3, -0.25) is 4.90 Å². The number of likely N-dealkylation sites (tertiary alicyclic amines) is 1. The summed E-state index contributed by atoms with van der Waals surface area (Å²) in [4.78, 5) is 2.11. The molecule has 0 saturated carbocycles. The molecule has 13 heavy (non-hydrogen) atoms. The lowest BCUT2D eigenvalue weighted by atomic mass is 10.0. The number of halogens is 2. The normalized spacial score (nSPS) is 25.4. The molecule has 2 N–H and O–H groups in total. The van der Waals surface area contributed by atoms with Crippen molar-refractivity contribution in [2.75, 3.05) is 19.6 Å². The van der Waals surface area contributed by atoms with E-state index >= 15 is 0 Å². The number of hydrogen-bond donors (Lipinski definition) is 1. The van der Waals surface area contributed by atoms with E-state index in [4.69, 9.17) is 5.73 Å². The monoisotopic (exact) mass is 192 g/mol. The Hall–Kier alpha value is -0.220. The Bertz CT molecular complexity index is 142. The predicted octanol–water partition coefficient (Wildman–Crippen LogP) is 1.45. The zero-order valence-electron chi connectivity index (χ0n) is 7.88. The van der Waals surface area contributed by atoms with Crippen LogP contribution in [0.25, 0.3) is 0 Å². The summed E-state index contributed by atoms with van der Waals surface area (Å²) in [6.07, 6.45) is 1.18. The van der Waals surface area contributed by atoms with Gasteiger partial charge in [0.05, 0.1) is 0 Å². The summed E-state index contributed by atoms with van der Waals surface area (Å²) in [7, 11) is 0. The zero-order valence-corrected chi connectivity index (χ0v) is 7.88. The van der Waals surface area contributed by atoms with Gasteiger partial charge in [0.2, 0.25) is 6.43 Å². The first-order chi connectivity index (χ1) is 6.24. The minimum atomic E-state index is -2.18. The van der Waals surface area contributed by atoms with Crippen LogP contribution in [0.15, 0.2) is 0 Å². The minimum absolute atomic E-state index is 0.0174. The first-order valence-corrected chi connectivity index (χ1v) is 4.96. The van der Waals surface area contributed by atoms with Crippen molar-refractivity contribution in [2.24, 2.45) is 5.73 Å². The van der Waals surface area contributed by atoms with Gasteiger partial charge in [-0.25, -0.2) is 8.78 Å². The molecule has 1 aliphatic rings. The highest BCUT2D eigenvalue weighted by atomic mass is 19.3. The van der Waals surface area contributed by atoms with E-state index < -0.39 is 6.43 Å². The molecular weight excluding hydrogens is 174 g/mol. The van der Waals surface area contributed by atoms with Gasteiger partial charge >= 0.3 is 0 Å². The number of nitrogens with two attached hydrogens (primary N) is 1. The quantitative estimate of drug-likeness (QED) is 0.730. The Kier molecular flexibility index (Phi) is 4.59. The van der Waals surface area contributed by atoms with Crippen LogP contribution in [0.5, 0.6) is 0 Å². The maximum absolute atomic E-state index is 12.0. The van der Waals surface area contributed by atoms with Crippen LogP contribution in [0.1, 0.15) is 25.7 Å². The molecule has 0 amide bonds. The second-order valence-corrected chi connectivity index (χ2v) is 3.60. The number of hydrogen-bond acceptors (Lipinski definition) is 2. The van der Waals surface area contributed by atoms with Crippen molar-refractivity contribution < 1.29 is 8.78 Å². The van der Waals surface area contributed by atoms with Crippen LogP contribution in [-0.2, 0) is 0 Å². The molecule has 1 heterocycles. The van der Waals surface area contributed by atoms with Crippen molar-refractivity contribution in [3.63, 3.8) is 0 Å². The van der Waals surface area contributed by atoms with Crippen LogP contribution in [0.2, 0.25) is 0 Å². The Morgan fingerprint density at radius 3 is 2.77 bits per heavy atom. The van der Waals surface area contributed by atoms with E-state index in [1.54, 1.807) is 0 Å². The molecule has 0 spiro atoms. The maximum Gasteiger partial charge on any atom is 0.239 e. The molecule has 1 saturated heterocycles. The molecule has 78 valence electrons. The van der Waals surface area contributed by atoms with Crippen LogP contribution in [-0.4, -0.2) is 37.0 Å². The molecule has 0 radical (unpaired) electrons. The lowest BCUT2D eigenvalue weighted by Crippen LogP contribution is -2.44. The Labute approximate surface area is 78.1 Å².